The molecule has 1 saturated heterocycles. The highest BCUT2D eigenvalue weighted by molar-refractivity contribution is 4.95. The third-order valence-corrected chi connectivity index (χ3v) is 3.58. The minimum Gasteiger partial charge on any atom is -0.375 e. The smallest absolute Gasteiger partial charge is 0.139 e. The second-order valence-corrected chi connectivity index (χ2v) is 5.27. The fourth-order valence-corrected chi connectivity index (χ4v) is 2.08. The zero-order valence-corrected chi connectivity index (χ0v) is 9.05. The van der Waals surface area contributed by atoms with Crippen LogP contribution in [0.5, 0.6) is 0 Å². The molecular weight excluding hydrogens is 181 g/mol. The monoisotopic (exact) mass is 201 g/mol. The lowest BCUT2D eigenvalue weighted by atomic mass is 10.1. The molecule has 2 fully saturated rings. The zero-order valence-electron chi connectivity index (χ0n) is 9.05. The highest BCUT2D eigenvalue weighted by Crippen LogP contribution is 2.51. The van der Waals surface area contributed by atoms with Crippen LogP contribution in [0.4, 0.5) is 4.39 Å². The molecular formula is C11H20FNO. The van der Waals surface area contributed by atoms with E-state index >= 15 is 0 Å². The third kappa shape index (κ3) is 2.26. The summed E-state index contributed by atoms with van der Waals surface area (Å²) in [5.41, 5.74) is 0.443. The van der Waals surface area contributed by atoms with E-state index in [9.17, 15) is 4.39 Å². The van der Waals surface area contributed by atoms with E-state index in [0.29, 0.717) is 17.9 Å². The Morgan fingerprint density at radius 1 is 1.50 bits per heavy atom. The molecule has 14 heavy (non-hydrogen) atoms. The van der Waals surface area contributed by atoms with Crippen LogP contribution in [0.3, 0.4) is 0 Å². The average Bonchev–Trinajstić information content (AvgIpc) is 2.73. The van der Waals surface area contributed by atoms with E-state index in [0.717, 1.165) is 19.6 Å². The second-order valence-electron chi connectivity index (χ2n) is 5.27. The average molecular weight is 201 g/mol. The lowest BCUT2D eigenvalue weighted by Crippen LogP contribution is -2.43. The van der Waals surface area contributed by atoms with E-state index in [1.54, 1.807) is 0 Å². The van der Waals surface area contributed by atoms with Crippen molar-refractivity contribution in [3.05, 3.63) is 0 Å². The van der Waals surface area contributed by atoms with Gasteiger partial charge in [0.15, 0.2) is 0 Å². The first-order valence-corrected chi connectivity index (χ1v) is 5.56. The Hall–Kier alpha value is -0.150. The van der Waals surface area contributed by atoms with E-state index in [1.165, 1.54) is 6.42 Å². The normalized spacial score (nSPS) is 40.9. The van der Waals surface area contributed by atoms with E-state index < -0.39 is 6.17 Å². The van der Waals surface area contributed by atoms with Gasteiger partial charge in [-0.25, -0.2) is 4.39 Å². The first-order valence-electron chi connectivity index (χ1n) is 5.56. The van der Waals surface area contributed by atoms with Crippen LogP contribution in [0.1, 0.15) is 26.7 Å². The van der Waals surface area contributed by atoms with Crippen molar-refractivity contribution in [2.24, 2.45) is 11.3 Å². The standard InChI is InChI=1S/C11H20FNO/c1-11(2)5-8(11)7-14-10-3-4-13-6-9(10)12/h8-10,13H,3-7H2,1-2H3/t8?,9-,10-/m1/s1. The van der Waals surface area contributed by atoms with E-state index in [-0.39, 0.29) is 6.10 Å². The van der Waals surface area contributed by atoms with Crippen molar-refractivity contribution in [2.45, 2.75) is 39.0 Å². The van der Waals surface area contributed by atoms with Crippen LogP contribution in [0, 0.1) is 11.3 Å². The van der Waals surface area contributed by atoms with Gasteiger partial charge in [0.05, 0.1) is 12.7 Å². The molecule has 3 heteroatoms. The molecule has 0 radical (unpaired) electrons. The Kier molecular flexibility index (Phi) is 2.80. The number of rotatable bonds is 3. The molecule has 0 aromatic carbocycles. The molecule has 1 saturated carbocycles. The topological polar surface area (TPSA) is 21.3 Å². The van der Waals surface area contributed by atoms with Gasteiger partial charge in [0, 0.05) is 6.54 Å². The van der Waals surface area contributed by atoms with Crippen molar-refractivity contribution < 1.29 is 9.13 Å². The minimum absolute atomic E-state index is 0.160. The fourth-order valence-electron chi connectivity index (χ4n) is 2.08. The number of nitrogens with one attached hydrogen (secondary N) is 1. The molecule has 0 bridgehead atoms. The molecule has 0 aromatic rings. The van der Waals surface area contributed by atoms with Gasteiger partial charge in [-0.05, 0) is 30.7 Å². The summed E-state index contributed by atoms with van der Waals surface area (Å²) in [5, 5.41) is 3.03. The largest absolute Gasteiger partial charge is 0.375 e. The molecule has 1 N–H and O–H groups in total. The van der Waals surface area contributed by atoms with Gasteiger partial charge < -0.3 is 10.1 Å². The van der Waals surface area contributed by atoms with Crippen LogP contribution in [0.2, 0.25) is 0 Å². The van der Waals surface area contributed by atoms with Crippen molar-refractivity contribution in [1.29, 1.82) is 0 Å². The Labute approximate surface area is 85.2 Å². The number of hydrogen-bond donors (Lipinski definition) is 1. The van der Waals surface area contributed by atoms with Gasteiger partial charge in [-0.3, -0.25) is 0 Å². The molecule has 0 amide bonds. The van der Waals surface area contributed by atoms with Crippen LogP contribution in [-0.4, -0.2) is 32.0 Å². The van der Waals surface area contributed by atoms with Crippen molar-refractivity contribution in [2.75, 3.05) is 19.7 Å². The van der Waals surface area contributed by atoms with Crippen molar-refractivity contribution in [1.82, 2.24) is 5.32 Å². The minimum atomic E-state index is -0.814. The predicted octanol–water partition coefficient (Wildman–Crippen LogP) is 1.75. The Morgan fingerprint density at radius 3 is 2.79 bits per heavy atom. The summed E-state index contributed by atoms with van der Waals surface area (Å²) in [4.78, 5) is 0. The molecule has 1 heterocycles. The number of piperidine rings is 1. The first-order chi connectivity index (χ1) is 6.59. The van der Waals surface area contributed by atoms with Crippen molar-refractivity contribution in [3.8, 4) is 0 Å². The van der Waals surface area contributed by atoms with Gasteiger partial charge in [-0.15, -0.1) is 0 Å². The van der Waals surface area contributed by atoms with Gasteiger partial charge in [-0.1, -0.05) is 13.8 Å². The highest BCUT2D eigenvalue weighted by Gasteiger charge is 2.46. The van der Waals surface area contributed by atoms with Crippen LogP contribution in [0.15, 0.2) is 0 Å². The fraction of sp³-hybridized carbons (Fsp3) is 1.00. The Morgan fingerprint density at radius 2 is 2.21 bits per heavy atom. The molecule has 2 aliphatic rings. The van der Waals surface area contributed by atoms with Gasteiger partial charge in [0.25, 0.3) is 0 Å². The maximum absolute atomic E-state index is 13.3. The maximum Gasteiger partial charge on any atom is 0.139 e. The number of halogens is 1. The molecule has 0 aromatic heterocycles. The zero-order chi connectivity index (χ0) is 10.2. The molecule has 82 valence electrons. The highest BCUT2D eigenvalue weighted by atomic mass is 19.1. The molecule has 1 aliphatic heterocycles. The van der Waals surface area contributed by atoms with Gasteiger partial charge in [0.2, 0.25) is 0 Å². The summed E-state index contributed by atoms with van der Waals surface area (Å²) < 4.78 is 19.0. The van der Waals surface area contributed by atoms with Crippen LogP contribution < -0.4 is 5.32 Å². The molecule has 2 nitrogen and oxygen atoms in total. The summed E-state index contributed by atoms with van der Waals surface area (Å²) in [6.45, 7) is 6.59. The number of hydrogen-bond acceptors (Lipinski definition) is 2. The predicted molar refractivity (Wildman–Crippen MR) is 54.0 cm³/mol. The number of ether oxygens (including phenoxy) is 1. The van der Waals surface area contributed by atoms with E-state index in [1.807, 2.05) is 0 Å². The summed E-state index contributed by atoms with van der Waals surface area (Å²) >= 11 is 0. The van der Waals surface area contributed by atoms with Gasteiger partial charge in [-0.2, -0.15) is 0 Å². The van der Waals surface area contributed by atoms with Gasteiger partial charge >= 0.3 is 0 Å². The first kappa shape index (κ1) is 10.4. The summed E-state index contributed by atoms with van der Waals surface area (Å²) in [6.07, 6.45) is 1.07. The second kappa shape index (κ2) is 3.78. The van der Waals surface area contributed by atoms with Gasteiger partial charge in [0.1, 0.15) is 6.17 Å². The summed E-state index contributed by atoms with van der Waals surface area (Å²) in [6, 6.07) is 0. The molecule has 0 spiro atoms. The summed E-state index contributed by atoms with van der Waals surface area (Å²) in [5.74, 6) is 0.657. The quantitative estimate of drug-likeness (QED) is 0.751. The Bertz CT molecular complexity index is 207. The number of alkyl halides is 1. The van der Waals surface area contributed by atoms with Crippen molar-refractivity contribution in [3.63, 3.8) is 0 Å². The van der Waals surface area contributed by atoms with Crippen LogP contribution in [0.25, 0.3) is 0 Å². The lowest BCUT2D eigenvalue weighted by Gasteiger charge is -2.27. The molecule has 1 unspecified atom stereocenters. The van der Waals surface area contributed by atoms with E-state index in [4.69, 9.17) is 4.74 Å². The third-order valence-electron chi connectivity index (χ3n) is 3.58. The maximum atomic E-state index is 13.3. The van der Waals surface area contributed by atoms with Crippen LogP contribution in [-0.2, 0) is 4.74 Å². The van der Waals surface area contributed by atoms with E-state index in [2.05, 4.69) is 19.2 Å². The molecule has 2 rings (SSSR count). The molecule has 3 atom stereocenters. The Balaban J connectivity index is 1.70. The SMILES string of the molecule is CC1(C)CC1CO[C@@H]1CCNC[C@H]1F. The molecule has 1 aliphatic carbocycles. The summed E-state index contributed by atoms with van der Waals surface area (Å²) in [7, 11) is 0. The lowest BCUT2D eigenvalue weighted by molar-refractivity contribution is -0.0254. The van der Waals surface area contributed by atoms with Crippen molar-refractivity contribution >= 4 is 0 Å². The van der Waals surface area contributed by atoms with Crippen LogP contribution >= 0.6 is 0 Å².